The second-order valence-corrected chi connectivity index (χ2v) is 5.36. The maximum Gasteiger partial charge on any atom is 0.416 e. The lowest BCUT2D eigenvalue weighted by Gasteiger charge is -2.41. The summed E-state index contributed by atoms with van der Waals surface area (Å²) in [6.07, 6.45) is 1.97. The maximum atomic E-state index is 12.6. The molecule has 20 heavy (non-hydrogen) atoms. The van der Waals surface area contributed by atoms with Crippen LogP contribution in [0.3, 0.4) is 0 Å². The molecule has 1 N–H and O–H groups in total. The number of hydrogen-bond acceptors (Lipinski definition) is 2. The third-order valence-electron chi connectivity index (χ3n) is 4.17. The first-order chi connectivity index (χ1) is 9.49. The van der Waals surface area contributed by atoms with Crippen LogP contribution in [0.4, 0.5) is 18.9 Å². The first kappa shape index (κ1) is 13.0. The maximum absolute atomic E-state index is 12.6. The summed E-state index contributed by atoms with van der Waals surface area (Å²) in [6, 6.07) is 5.34. The first-order valence-corrected chi connectivity index (χ1v) is 6.53. The molecule has 3 rings (SSSR count). The van der Waals surface area contributed by atoms with Crippen molar-refractivity contribution in [1.82, 2.24) is 0 Å². The molecule has 5 heteroatoms. The molecule has 3 atom stereocenters. The molecule has 0 heterocycles. The number of alkyl halides is 3. The van der Waals surface area contributed by atoms with Gasteiger partial charge in [0.2, 0.25) is 0 Å². The number of halogens is 3. The molecule has 2 aliphatic carbocycles. The Morgan fingerprint density at radius 3 is 2.75 bits per heavy atom. The van der Waals surface area contributed by atoms with E-state index >= 15 is 0 Å². The van der Waals surface area contributed by atoms with E-state index in [4.69, 9.17) is 5.26 Å². The van der Waals surface area contributed by atoms with Crippen molar-refractivity contribution >= 4 is 5.69 Å². The highest BCUT2D eigenvalue weighted by molar-refractivity contribution is 5.60. The van der Waals surface area contributed by atoms with E-state index in [1.54, 1.807) is 0 Å². The molecule has 3 unspecified atom stereocenters. The minimum absolute atomic E-state index is 0.0465. The van der Waals surface area contributed by atoms with Gasteiger partial charge in [-0.25, -0.2) is 0 Å². The fraction of sp³-hybridized carbons (Fsp3) is 0.400. The topological polar surface area (TPSA) is 35.8 Å². The van der Waals surface area contributed by atoms with Gasteiger partial charge >= 0.3 is 6.18 Å². The summed E-state index contributed by atoms with van der Waals surface area (Å²) < 4.78 is 37.8. The van der Waals surface area contributed by atoms with Gasteiger partial charge in [0.15, 0.2) is 0 Å². The number of rotatable bonds is 2. The molecule has 0 spiro atoms. The van der Waals surface area contributed by atoms with Crippen LogP contribution in [0.1, 0.15) is 24.0 Å². The summed E-state index contributed by atoms with van der Waals surface area (Å²) in [5, 5.41) is 12.2. The molecule has 1 fully saturated rings. The van der Waals surface area contributed by atoms with Gasteiger partial charge in [0.05, 0.1) is 16.8 Å². The van der Waals surface area contributed by atoms with Crippen LogP contribution in [0.5, 0.6) is 0 Å². The zero-order valence-corrected chi connectivity index (χ0v) is 10.6. The predicted octanol–water partition coefficient (Wildman–Crippen LogP) is 3.95. The standard InChI is InChI=1S/C15H13F3N2/c16-15(17,18)11-4-5-13(10(6-11)8-19)20-14-7-9-2-1-3-12(9)14/h1,3-6,9,12,14,20H,2,7H2. The number of nitriles is 1. The van der Waals surface area contributed by atoms with Gasteiger partial charge in [-0.2, -0.15) is 18.4 Å². The van der Waals surface area contributed by atoms with Gasteiger partial charge in [-0.05, 0) is 37.0 Å². The van der Waals surface area contributed by atoms with Crippen LogP contribution in [0.25, 0.3) is 0 Å². The van der Waals surface area contributed by atoms with E-state index in [0.717, 1.165) is 25.0 Å². The number of hydrogen-bond donors (Lipinski definition) is 1. The summed E-state index contributed by atoms with van der Waals surface area (Å²) in [5.74, 6) is 1.11. The summed E-state index contributed by atoms with van der Waals surface area (Å²) in [5.41, 5.74) is -0.249. The Bertz CT molecular complexity index is 598. The van der Waals surface area contributed by atoms with Gasteiger partial charge in [0.1, 0.15) is 6.07 Å². The van der Waals surface area contributed by atoms with E-state index in [0.29, 0.717) is 17.5 Å². The Labute approximate surface area is 114 Å². The predicted molar refractivity (Wildman–Crippen MR) is 68.9 cm³/mol. The van der Waals surface area contributed by atoms with Gasteiger partial charge in [0.25, 0.3) is 0 Å². The van der Waals surface area contributed by atoms with E-state index in [1.165, 1.54) is 6.07 Å². The minimum Gasteiger partial charge on any atom is -0.381 e. The second kappa shape index (κ2) is 4.55. The normalized spacial score (nSPS) is 27.6. The Kier molecular flexibility index (Phi) is 2.97. The van der Waals surface area contributed by atoms with Crippen molar-refractivity contribution < 1.29 is 13.2 Å². The summed E-state index contributed by atoms with van der Waals surface area (Å²) in [7, 11) is 0. The number of allylic oxidation sites excluding steroid dienone is 1. The smallest absolute Gasteiger partial charge is 0.381 e. The molecule has 0 amide bonds. The van der Waals surface area contributed by atoms with Crippen LogP contribution in [0, 0.1) is 23.2 Å². The molecule has 0 radical (unpaired) electrons. The number of anilines is 1. The van der Waals surface area contributed by atoms with Crippen molar-refractivity contribution in [2.24, 2.45) is 11.8 Å². The average molecular weight is 278 g/mol. The number of fused-ring (bicyclic) bond motifs is 1. The van der Waals surface area contributed by atoms with Gasteiger partial charge in [-0.1, -0.05) is 12.2 Å². The van der Waals surface area contributed by atoms with Crippen LogP contribution in [-0.4, -0.2) is 6.04 Å². The second-order valence-electron chi connectivity index (χ2n) is 5.36. The highest BCUT2D eigenvalue weighted by Gasteiger charge is 2.41. The molecule has 2 nitrogen and oxygen atoms in total. The van der Waals surface area contributed by atoms with Gasteiger partial charge in [-0.15, -0.1) is 0 Å². The van der Waals surface area contributed by atoms with Crippen molar-refractivity contribution in [3.05, 3.63) is 41.5 Å². The van der Waals surface area contributed by atoms with E-state index in [9.17, 15) is 13.2 Å². The molecule has 1 aromatic carbocycles. The molecule has 1 saturated carbocycles. The van der Waals surface area contributed by atoms with E-state index in [2.05, 4.69) is 17.5 Å². The molecule has 0 bridgehead atoms. The van der Waals surface area contributed by atoms with Crippen molar-refractivity contribution in [2.45, 2.75) is 25.1 Å². The van der Waals surface area contributed by atoms with E-state index in [-0.39, 0.29) is 11.6 Å². The molecule has 104 valence electrons. The average Bonchev–Trinajstić information content (AvgIpc) is 2.76. The van der Waals surface area contributed by atoms with Crippen molar-refractivity contribution in [3.63, 3.8) is 0 Å². The van der Waals surface area contributed by atoms with Crippen molar-refractivity contribution in [2.75, 3.05) is 5.32 Å². The van der Waals surface area contributed by atoms with Gasteiger partial charge in [-0.3, -0.25) is 0 Å². The van der Waals surface area contributed by atoms with Crippen LogP contribution in [-0.2, 0) is 6.18 Å². The third kappa shape index (κ3) is 2.15. The lowest BCUT2D eigenvalue weighted by atomic mass is 9.71. The molecule has 0 aliphatic heterocycles. The zero-order chi connectivity index (χ0) is 14.3. The zero-order valence-electron chi connectivity index (χ0n) is 10.6. The fourth-order valence-corrected chi connectivity index (χ4v) is 3.02. The molecule has 2 aliphatic rings. The SMILES string of the molecule is N#Cc1cc(C(F)(F)F)ccc1NC1CC2CC=CC21. The van der Waals surface area contributed by atoms with Crippen molar-refractivity contribution in [3.8, 4) is 6.07 Å². The van der Waals surface area contributed by atoms with Gasteiger partial charge < -0.3 is 5.32 Å². The van der Waals surface area contributed by atoms with Crippen molar-refractivity contribution in [1.29, 1.82) is 5.26 Å². The molecule has 0 saturated heterocycles. The summed E-state index contributed by atoms with van der Waals surface area (Å²) in [6.45, 7) is 0. The number of nitrogens with one attached hydrogen (secondary N) is 1. The highest BCUT2D eigenvalue weighted by Crippen LogP contribution is 2.44. The van der Waals surface area contributed by atoms with Gasteiger partial charge in [0, 0.05) is 12.0 Å². The van der Waals surface area contributed by atoms with Crippen LogP contribution < -0.4 is 5.32 Å². The third-order valence-corrected chi connectivity index (χ3v) is 4.17. The van der Waals surface area contributed by atoms with Crippen LogP contribution >= 0.6 is 0 Å². The largest absolute Gasteiger partial charge is 0.416 e. The quantitative estimate of drug-likeness (QED) is 0.831. The lowest BCUT2D eigenvalue weighted by Crippen LogP contribution is -2.43. The Hall–Kier alpha value is -1.96. The number of benzene rings is 1. The molecule has 1 aromatic rings. The fourth-order valence-electron chi connectivity index (χ4n) is 3.02. The molecule has 0 aromatic heterocycles. The van der Waals surface area contributed by atoms with Crippen LogP contribution in [0.15, 0.2) is 30.4 Å². The van der Waals surface area contributed by atoms with Crippen LogP contribution in [0.2, 0.25) is 0 Å². The van der Waals surface area contributed by atoms with E-state index < -0.39 is 11.7 Å². The first-order valence-electron chi connectivity index (χ1n) is 6.53. The number of nitrogens with zero attached hydrogens (tertiary/aromatic N) is 1. The van der Waals surface area contributed by atoms with E-state index in [1.807, 2.05) is 6.07 Å². The molecular weight excluding hydrogens is 265 g/mol. The lowest BCUT2D eigenvalue weighted by molar-refractivity contribution is -0.137. The Morgan fingerprint density at radius 2 is 2.10 bits per heavy atom. The Morgan fingerprint density at radius 1 is 1.30 bits per heavy atom. The summed E-state index contributed by atoms with van der Waals surface area (Å²) >= 11 is 0. The highest BCUT2D eigenvalue weighted by atomic mass is 19.4. The Balaban J connectivity index is 1.80. The molecular formula is C15H13F3N2. The summed E-state index contributed by atoms with van der Waals surface area (Å²) in [4.78, 5) is 0. The minimum atomic E-state index is -4.42. The monoisotopic (exact) mass is 278 g/mol.